The number of hydrogen-bond acceptors (Lipinski definition) is 5. The highest BCUT2D eigenvalue weighted by molar-refractivity contribution is 7.89. The van der Waals surface area contributed by atoms with Gasteiger partial charge in [0.2, 0.25) is 10.0 Å². The van der Waals surface area contributed by atoms with Crippen LogP contribution in [0.5, 0.6) is 0 Å². The molecule has 0 aliphatic carbocycles. The minimum Gasteiger partial charge on any atom is -0.481 e. The first-order valence-electron chi connectivity index (χ1n) is 5.71. The van der Waals surface area contributed by atoms with Crippen molar-refractivity contribution in [1.82, 2.24) is 4.72 Å². The van der Waals surface area contributed by atoms with E-state index in [4.69, 9.17) is 10.2 Å². The molecule has 1 rings (SSSR count). The van der Waals surface area contributed by atoms with Crippen LogP contribution < -0.4 is 4.72 Å². The number of nitrogens with one attached hydrogen (secondary N) is 1. The molecule has 0 bridgehead atoms. The number of benzene rings is 1. The molecule has 0 fully saturated rings. The Balaban J connectivity index is 3.10. The van der Waals surface area contributed by atoms with E-state index >= 15 is 0 Å². The maximum Gasteiger partial charge on any atom is 0.322 e. The van der Waals surface area contributed by atoms with E-state index in [9.17, 15) is 22.8 Å². The Labute approximate surface area is 120 Å². The Morgan fingerprint density at radius 3 is 2.33 bits per heavy atom. The lowest BCUT2D eigenvalue weighted by Gasteiger charge is -2.13. The Kier molecular flexibility index (Phi) is 5.17. The summed E-state index contributed by atoms with van der Waals surface area (Å²) in [5.74, 6) is -3.42. The van der Waals surface area contributed by atoms with E-state index in [2.05, 4.69) is 0 Å². The van der Waals surface area contributed by atoms with Crippen LogP contribution in [0.15, 0.2) is 29.2 Å². The third-order valence-electron chi connectivity index (χ3n) is 2.53. The fourth-order valence-electron chi connectivity index (χ4n) is 1.49. The Morgan fingerprint density at radius 1 is 1.24 bits per heavy atom. The molecule has 0 spiro atoms. The smallest absolute Gasteiger partial charge is 0.322 e. The summed E-state index contributed by atoms with van der Waals surface area (Å²) in [5.41, 5.74) is 0.142. The number of Topliss-reactive ketones (excluding diaryl/α,β-unsaturated/α-hetero) is 1. The van der Waals surface area contributed by atoms with E-state index in [0.717, 1.165) is 6.07 Å². The zero-order valence-electron chi connectivity index (χ0n) is 10.9. The van der Waals surface area contributed by atoms with E-state index < -0.39 is 34.4 Å². The van der Waals surface area contributed by atoms with Crippen molar-refractivity contribution in [2.45, 2.75) is 24.3 Å². The van der Waals surface area contributed by atoms with Gasteiger partial charge in [-0.1, -0.05) is 12.1 Å². The zero-order valence-corrected chi connectivity index (χ0v) is 11.8. The second-order valence-corrected chi connectivity index (χ2v) is 5.91. The normalized spacial score (nSPS) is 12.6. The summed E-state index contributed by atoms with van der Waals surface area (Å²) in [6, 6.07) is 3.21. The fraction of sp³-hybridized carbons (Fsp3) is 0.250. The standard InChI is InChI=1S/C12H13NO7S/c1-7(14)8-3-2-4-9(5-8)21(19,20)13-10(12(17)18)6-11(15)16/h2-5,10,13H,6H2,1H3,(H,15,16)(H,17,18). The Morgan fingerprint density at radius 2 is 1.86 bits per heavy atom. The maximum atomic E-state index is 12.0. The highest BCUT2D eigenvalue weighted by Crippen LogP contribution is 2.13. The topological polar surface area (TPSA) is 138 Å². The first kappa shape index (κ1) is 16.8. The number of hydrogen-bond donors (Lipinski definition) is 3. The average Bonchev–Trinajstić information content (AvgIpc) is 2.37. The van der Waals surface area contributed by atoms with Gasteiger partial charge in [-0.15, -0.1) is 0 Å². The molecule has 0 aliphatic rings. The van der Waals surface area contributed by atoms with Gasteiger partial charge in [-0.2, -0.15) is 4.72 Å². The molecule has 1 atom stereocenters. The van der Waals surface area contributed by atoms with Crippen molar-refractivity contribution in [1.29, 1.82) is 0 Å². The van der Waals surface area contributed by atoms with Crippen LogP contribution in [-0.2, 0) is 19.6 Å². The van der Waals surface area contributed by atoms with Gasteiger partial charge in [0, 0.05) is 5.56 Å². The number of carboxylic acids is 2. The molecule has 1 aromatic rings. The van der Waals surface area contributed by atoms with Crippen molar-refractivity contribution in [2.75, 3.05) is 0 Å². The van der Waals surface area contributed by atoms with Crippen LogP contribution in [0.1, 0.15) is 23.7 Å². The van der Waals surface area contributed by atoms with Crippen molar-refractivity contribution in [3.05, 3.63) is 29.8 Å². The Bertz CT molecular complexity index is 681. The highest BCUT2D eigenvalue weighted by atomic mass is 32.2. The molecular weight excluding hydrogens is 302 g/mol. The minimum atomic E-state index is -4.25. The highest BCUT2D eigenvalue weighted by Gasteiger charge is 2.27. The molecule has 0 saturated heterocycles. The van der Waals surface area contributed by atoms with Gasteiger partial charge in [-0.05, 0) is 19.1 Å². The molecule has 3 N–H and O–H groups in total. The molecule has 114 valence electrons. The van der Waals surface area contributed by atoms with Gasteiger partial charge in [0.05, 0.1) is 11.3 Å². The molecule has 1 aromatic carbocycles. The predicted octanol–water partition coefficient (Wildman–Crippen LogP) is 0.0954. The summed E-state index contributed by atoms with van der Waals surface area (Å²) in [6.45, 7) is 1.25. The van der Waals surface area contributed by atoms with Gasteiger partial charge in [0.25, 0.3) is 0 Å². The predicted molar refractivity (Wildman–Crippen MR) is 70.4 cm³/mol. The monoisotopic (exact) mass is 315 g/mol. The summed E-state index contributed by atoms with van der Waals surface area (Å²) in [6.07, 6.45) is -0.902. The van der Waals surface area contributed by atoms with Crippen LogP contribution in [0.4, 0.5) is 0 Å². The molecule has 0 heterocycles. The van der Waals surface area contributed by atoms with Crippen molar-refractivity contribution >= 4 is 27.7 Å². The molecule has 0 aromatic heterocycles. The second-order valence-electron chi connectivity index (χ2n) is 4.19. The molecule has 21 heavy (non-hydrogen) atoms. The number of sulfonamides is 1. The van der Waals surface area contributed by atoms with E-state index in [1.807, 2.05) is 0 Å². The Hall–Kier alpha value is -2.26. The molecule has 9 heteroatoms. The van der Waals surface area contributed by atoms with Gasteiger partial charge in [0.1, 0.15) is 6.04 Å². The summed E-state index contributed by atoms with van der Waals surface area (Å²) in [7, 11) is -4.25. The van der Waals surface area contributed by atoms with E-state index in [0.29, 0.717) is 0 Å². The second kappa shape index (κ2) is 6.46. The van der Waals surface area contributed by atoms with Crippen LogP contribution in [0.3, 0.4) is 0 Å². The molecule has 8 nitrogen and oxygen atoms in total. The molecule has 0 radical (unpaired) electrons. The van der Waals surface area contributed by atoms with Crippen LogP contribution in [0.25, 0.3) is 0 Å². The van der Waals surface area contributed by atoms with E-state index in [-0.39, 0.29) is 16.2 Å². The molecule has 0 saturated carbocycles. The maximum absolute atomic E-state index is 12.0. The van der Waals surface area contributed by atoms with Crippen molar-refractivity contribution in [3.8, 4) is 0 Å². The van der Waals surface area contributed by atoms with Crippen LogP contribution in [0.2, 0.25) is 0 Å². The number of carbonyl (C=O) groups is 3. The largest absolute Gasteiger partial charge is 0.481 e. The SMILES string of the molecule is CC(=O)c1cccc(S(=O)(=O)NC(CC(=O)O)C(=O)O)c1. The van der Waals surface area contributed by atoms with Crippen LogP contribution in [0, 0.1) is 0 Å². The first-order valence-corrected chi connectivity index (χ1v) is 7.19. The summed E-state index contributed by atoms with van der Waals surface area (Å²) >= 11 is 0. The van der Waals surface area contributed by atoms with E-state index in [1.165, 1.54) is 25.1 Å². The van der Waals surface area contributed by atoms with Gasteiger partial charge in [0.15, 0.2) is 5.78 Å². The van der Waals surface area contributed by atoms with Gasteiger partial charge < -0.3 is 10.2 Å². The quantitative estimate of drug-likeness (QED) is 0.606. The lowest BCUT2D eigenvalue weighted by Crippen LogP contribution is -2.42. The molecule has 1 unspecified atom stereocenters. The molecule has 0 aliphatic heterocycles. The summed E-state index contributed by atoms with van der Waals surface area (Å²) in [5, 5.41) is 17.4. The number of ketones is 1. The number of carboxylic acid groups (broad SMARTS) is 2. The van der Waals surface area contributed by atoms with Crippen LogP contribution in [-0.4, -0.2) is 42.4 Å². The summed E-state index contributed by atoms with van der Waals surface area (Å²) in [4.78, 5) is 32.3. The average molecular weight is 315 g/mol. The lowest BCUT2D eigenvalue weighted by atomic mass is 10.2. The lowest BCUT2D eigenvalue weighted by molar-refractivity contribution is -0.145. The van der Waals surface area contributed by atoms with Gasteiger partial charge in [-0.3, -0.25) is 14.4 Å². The van der Waals surface area contributed by atoms with E-state index in [1.54, 1.807) is 4.72 Å². The zero-order chi connectivity index (χ0) is 16.2. The molecule has 0 amide bonds. The third kappa shape index (κ3) is 4.65. The number of aliphatic carboxylic acids is 2. The number of rotatable bonds is 7. The van der Waals surface area contributed by atoms with Gasteiger partial charge >= 0.3 is 11.9 Å². The number of carbonyl (C=O) groups excluding carboxylic acids is 1. The van der Waals surface area contributed by atoms with Crippen LogP contribution >= 0.6 is 0 Å². The molecular formula is C12H13NO7S. The van der Waals surface area contributed by atoms with Gasteiger partial charge in [-0.25, -0.2) is 8.42 Å². The van der Waals surface area contributed by atoms with Crippen molar-refractivity contribution in [2.24, 2.45) is 0 Å². The fourth-order valence-corrected chi connectivity index (χ4v) is 2.73. The first-order chi connectivity index (χ1) is 9.63. The minimum absolute atomic E-state index is 0.142. The summed E-state index contributed by atoms with van der Waals surface area (Å²) < 4.78 is 25.8. The van der Waals surface area contributed by atoms with Crippen molar-refractivity contribution in [3.63, 3.8) is 0 Å². The van der Waals surface area contributed by atoms with Crippen molar-refractivity contribution < 1.29 is 33.0 Å². The third-order valence-corrected chi connectivity index (χ3v) is 3.99.